The van der Waals surface area contributed by atoms with Crippen molar-refractivity contribution in [1.82, 2.24) is 4.37 Å². The van der Waals surface area contributed by atoms with Crippen LogP contribution in [0.1, 0.15) is 0 Å². The number of hydrogen-bond acceptors (Lipinski definition) is 3. The predicted molar refractivity (Wildman–Crippen MR) is 41.4 cm³/mol. The van der Waals surface area contributed by atoms with Crippen molar-refractivity contribution < 1.29 is 4.74 Å². The Morgan fingerprint density at radius 1 is 1.88 bits per heavy atom. The highest BCUT2D eigenvalue weighted by Gasteiger charge is 1.98. The van der Waals surface area contributed by atoms with Crippen LogP contribution in [0.4, 0.5) is 0 Å². The first-order valence-corrected chi connectivity index (χ1v) is 3.90. The summed E-state index contributed by atoms with van der Waals surface area (Å²) >= 11 is 3.59. The molecule has 1 heterocycles. The molecule has 8 heavy (non-hydrogen) atoms. The molecule has 0 bridgehead atoms. The number of ether oxygens (including phenoxy) is 1. The van der Waals surface area contributed by atoms with Gasteiger partial charge >= 0.3 is 0 Å². The summed E-state index contributed by atoms with van der Waals surface area (Å²) in [5.74, 6) is 0.732. The van der Waals surface area contributed by atoms with Crippen LogP contribution in [0.3, 0.4) is 0 Å². The molecule has 0 aliphatic heterocycles. The van der Waals surface area contributed by atoms with E-state index in [9.17, 15) is 0 Å². The largest absolute Gasteiger partial charge is 0.480 e. The zero-order valence-corrected chi connectivity index (χ0v) is 7.19. The smallest absolute Gasteiger partial charge is 0.238 e. The number of nitrogens with zero attached hydrogens (tertiary/aromatic N) is 1. The molecule has 1 rings (SSSR count). The number of hydrogen-bond donors (Lipinski definition) is 0. The van der Waals surface area contributed by atoms with Crippen molar-refractivity contribution >= 4 is 34.1 Å². The van der Waals surface area contributed by atoms with E-state index < -0.39 is 0 Å². The third-order valence-corrected chi connectivity index (χ3v) is 2.50. The third kappa shape index (κ3) is 1.11. The lowest BCUT2D eigenvalue weighted by molar-refractivity contribution is 0.399. The van der Waals surface area contributed by atoms with Gasteiger partial charge in [-0.3, -0.25) is 0 Å². The zero-order valence-electron chi connectivity index (χ0n) is 4.22. The summed E-state index contributed by atoms with van der Waals surface area (Å²) in [6.45, 7) is 0. The van der Waals surface area contributed by atoms with Crippen molar-refractivity contribution in [2.75, 3.05) is 7.11 Å². The van der Waals surface area contributed by atoms with Gasteiger partial charge in [0.05, 0.1) is 10.7 Å². The van der Waals surface area contributed by atoms with Crippen LogP contribution in [0.2, 0.25) is 0 Å². The standard InChI is InChI=1S/C4H4INOS/c1-7-4-3(5)2-8-6-4/h2H,1H3. The minimum atomic E-state index is 0.732. The maximum absolute atomic E-state index is 4.88. The molecule has 0 aromatic carbocycles. The molecule has 0 unspecified atom stereocenters. The number of aromatic nitrogens is 1. The topological polar surface area (TPSA) is 22.1 Å². The molecular weight excluding hydrogens is 237 g/mol. The monoisotopic (exact) mass is 241 g/mol. The highest BCUT2D eigenvalue weighted by molar-refractivity contribution is 14.1. The maximum atomic E-state index is 4.88. The lowest BCUT2D eigenvalue weighted by Crippen LogP contribution is -1.82. The van der Waals surface area contributed by atoms with Crippen LogP contribution in [-0.4, -0.2) is 11.5 Å². The Labute approximate surface area is 65.2 Å². The molecule has 0 aliphatic rings. The molecule has 0 atom stereocenters. The summed E-state index contributed by atoms with van der Waals surface area (Å²) in [5, 5.41) is 1.94. The fourth-order valence-corrected chi connectivity index (χ4v) is 1.71. The van der Waals surface area contributed by atoms with Gasteiger partial charge in [-0.25, -0.2) is 0 Å². The van der Waals surface area contributed by atoms with Crippen LogP contribution in [0.15, 0.2) is 5.38 Å². The molecule has 0 saturated carbocycles. The van der Waals surface area contributed by atoms with Crippen molar-refractivity contribution in [2.24, 2.45) is 0 Å². The Kier molecular flexibility index (Phi) is 2.07. The normalized spacial score (nSPS) is 9.25. The second-order valence-electron chi connectivity index (χ2n) is 1.17. The van der Waals surface area contributed by atoms with Crippen molar-refractivity contribution in [3.05, 3.63) is 8.95 Å². The number of rotatable bonds is 1. The Balaban J connectivity index is 2.92. The van der Waals surface area contributed by atoms with Crippen LogP contribution in [0.25, 0.3) is 0 Å². The van der Waals surface area contributed by atoms with Gasteiger partial charge in [-0.1, -0.05) is 0 Å². The maximum Gasteiger partial charge on any atom is 0.238 e. The second-order valence-corrected chi connectivity index (χ2v) is 2.96. The Bertz CT molecular complexity index is 176. The number of methoxy groups -OCH3 is 1. The van der Waals surface area contributed by atoms with Gasteiger partial charge in [0.25, 0.3) is 0 Å². The van der Waals surface area contributed by atoms with E-state index in [1.54, 1.807) is 7.11 Å². The van der Waals surface area contributed by atoms with E-state index in [0.717, 1.165) is 9.45 Å². The summed E-state index contributed by atoms with van der Waals surface area (Å²) in [4.78, 5) is 0. The fraction of sp³-hybridized carbons (Fsp3) is 0.250. The Hall–Kier alpha value is 0.160. The molecule has 0 saturated heterocycles. The Morgan fingerprint density at radius 3 is 2.88 bits per heavy atom. The highest BCUT2D eigenvalue weighted by atomic mass is 127. The van der Waals surface area contributed by atoms with Gasteiger partial charge in [0.2, 0.25) is 5.88 Å². The first-order chi connectivity index (χ1) is 3.84. The molecule has 2 nitrogen and oxygen atoms in total. The van der Waals surface area contributed by atoms with Crippen molar-refractivity contribution in [3.8, 4) is 5.88 Å². The van der Waals surface area contributed by atoms with Gasteiger partial charge in [-0.05, 0) is 34.1 Å². The molecule has 1 aromatic rings. The number of halogens is 1. The lowest BCUT2D eigenvalue weighted by Gasteiger charge is -1.89. The van der Waals surface area contributed by atoms with Gasteiger partial charge in [-0.15, -0.1) is 0 Å². The van der Waals surface area contributed by atoms with E-state index in [1.165, 1.54) is 11.5 Å². The van der Waals surface area contributed by atoms with Gasteiger partial charge in [0, 0.05) is 5.38 Å². The third-order valence-electron chi connectivity index (χ3n) is 0.689. The second kappa shape index (κ2) is 2.63. The summed E-state index contributed by atoms with van der Waals surface area (Å²) in [7, 11) is 1.62. The van der Waals surface area contributed by atoms with Crippen LogP contribution >= 0.6 is 34.1 Å². The molecule has 0 radical (unpaired) electrons. The minimum Gasteiger partial charge on any atom is -0.480 e. The molecule has 0 aliphatic carbocycles. The molecule has 0 N–H and O–H groups in total. The predicted octanol–water partition coefficient (Wildman–Crippen LogP) is 1.76. The van der Waals surface area contributed by atoms with Crippen molar-refractivity contribution in [2.45, 2.75) is 0 Å². The van der Waals surface area contributed by atoms with Crippen LogP contribution in [0.5, 0.6) is 5.88 Å². The summed E-state index contributed by atoms with van der Waals surface area (Å²) < 4.78 is 9.90. The van der Waals surface area contributed by atoms with E-state index >= 15 is 0 Å². The molecule has 4 heteroatoms. The van der Waals surface area contributed by atoms with Gasteiger partial charge in [0.1, 0.15) is 0 Å². The van der Waals surface area contributed by atoms with Gasteiger partial charge in [-0.2, -0.15) is 4.37 Å². The molecule has 0 amide bonds. The Morgan fingerprint density at radius 2 is 2.62 bits per heavy atom. The molecule has 0 fully saturated rings. The van der Waals surface area contributed by atoms with Crippen molar-refractivity contribution in [1.29, 1.82) is 0 Å². The van der Waals surface area contributed by atoms with E-state index in [1.807, 2.05) is 5.38 Å². The van der Waals surface area contributed by atoms with Crippen LogP contribution < -0.4 is 4.74 Å². The average molecular weight is 241 g/mol. The first-order valence-electron chi connectivity index (χ1n) is 1.98. The SMILES string of the molecule is COc1nscc1I. The van der Waals surface area contributed by atoms with E-state index in [-0.39, 0.29) is 0 Å². The minimum absolute atomic E-state index is 0.732. The molecule has 44 valence electrons. The van der Waals surface area contributed by atoms with E-state index in [4.69, 9.17) is 4.74 Å². The van der Waals surface area contributed by atoms with Gasteiger partial charge in [0.15, 0.2) is 0 Å². The molecule has 0 spiro atoms. The fourth-order valence-electron chi connectivity index (χ4n) is 0.349. The van der Waals surface area contributed by atoms with Crippen LogP contribution in [-0.2, 0) is 0 Å². The molecular formula is C4H4INOS. The van der Waals surface area contributed by atoms with E-state index in [2.05, 4.69) is 27.0 Å². The summed E-state index contributed by atoms with van der Waals surface area (Å²) in [5.41, 5.74) is 0. The first kappa shape index (κ1) is 6.28. The van der Waals surface area contributed by atoms with Crippen LogP contribution in [0, 0.1) is 3.57 Å². The molecule has 1 aromatic heterocycles. The average Bonchev–Trinajstić information content (AvgIpc) is 2.14. The van der Waals surface area contributed by atoms with E-state index in [0.29, 0.717) is 0 Å². The van der Waals surface area contributed by atoms with Crippen molar-refractivity contribution in [3.63, 3.8) is 0 Å². The quantitative estimate of drug-likeness (QED) is 0.699. The lowest BCUT2D eigenvalue weighted by atomic mass is 10.7. The van der Waals surface area contributed by atoms with Gasteiger partial charge < -0.3 is 4.74 Å². The summed E-state index contributed by atoms with van der Waals surface area (Å²) in [6, 6.07) is 0. The highest BCUT2D eigenvalue weighted by Crippen LogP contribution is 2.19. The zero-order chi connectivity index (χ0) is 5.98. The summed E-state index contributed by atoms with van der Waals surface area (Å²) in [6.07, 6.45) is 0.